The minimum absolute atomic E-state index is 0.0514. The highest BCUT2D eigenvalue weighted by Gasteiger charge is 2.33. The highest BCUT2D eigenvalue weighted by molar-refractivity contribution is 7.14. The van der Waals surface area contributed by atoms with E-state index in [1.165, 1.54) is 28.2 Å². The smallest absolute Gasteiger partial charge is 0.261 e. The van der Waals surface area contributed by atoms with Crippen molar-refractivity contribution in [3.05, 3.63) is 21.4 Å². The van der Waals surface area contributed by atoms with Crippen molar-refractivity contribution in [3.63, 3.8) is 0 Å². The maximum Gasteiger partial charge on any atom is 0.261 e. The Bertz CT molecular complexity index is 483. The molecule has 3 nitrogen and oxygen atoms in total. The van der Waals surface area contributed by atoms with Gasteiger partial charge < -0.3 is 10.4 Å². The molecule has 1 amide bonds. The van der Waals surface area contributed by atoms with E-state index in [0.717, 1.165) is 30.6 Å². The Morgan fingerprint density at radius 2 is 2.35 bits per heavy atom. The minimum atomic E-state index is -0.715. The van der Waals surface area contributed by atoms with E-state index in [1.807, 2.05) is 6.07 Å². The van der Waals surface area contributed by atoms with Gasteiger partial charge in [-0.3, -0.25) is 4.79 Å². The van der Waals surface area contributed by atoms with E-state index < -0.39 is 5.60 Å². The van der Waals surface area contributed by atoms with E-state index >= 15 is 0 Å². The Morgan fingerprint density at radius 1 is 1.60 bits per heavy atom. The van der Waals surface area contributed by atoms with Gasteiger partial charge in [-0.15, -0.1) is 11.3 Å². The minimum Gasteiger partial charge on any atom is -0.388 e. The number of carbonyl (C=O) groups is 1. The Kier molecular flexibility index (Phi) is 4.86. The monoisotopic (exact) mass is 295 g/mol. The van der Waals surface area contributed by atoms with Gasteiger partial charge in [-0.05, 0) is 43.7 Å². The molecule has 4 heteroatoms. The van der Waals surface area contributed by atoms with Gasteiger partial charge in [-0.1, -0.05) is 26.7 Å². The van der Waals surface area contributed by atoms with Gasteiger partial charge in [0.05, 0.1) is 10.5 Å². The predicted molar refractivity (Wildman–Crippen MR) is 83.3 cm³/mol. The summed E-state index contributed by atoms with van der Waals surface area (Å²) in [5.41, 5.74) is 0.526. The third-order valence-electron chi connectivity index (χ3n) is 4.27. The molecule has 1 aromatic heterocycles. The maximum absolute atomic E-state index is 12.2. The molecule has 0 radical (unpaired) electrons. The summed E-state index contributed by atoms with van der Waals surface area (Å²) in [6, 6.07) is 1.98. The fourth-order valence-electron chi connectivity index (χ4n) is 3.11. The molecule has 0 bridgehead atoms. The fourth-order valence-corrected chi connectivity index (χ4v) is 4.14. The van der Waals surface area contributed by atoms with Crippen LogP contribution in [-0.2, 0) is 6.42 Å². The standard InChI is InChI=1S/C16H25NO2S/c1-4-13-8-14(20-12(13)3)15(18)17-10-16(19)7-5-6-11(2)9-16/h8,11,19H,4-7,9-10H2,1-3H3,(H,17,18). The van der Waals surface area contributed by atoms with Crippen LogP contribution >= 0.6 is 11.3 Å². The molecule has 1 fully saturated rings. The second-order valence-electron chi connectivity index (χ2n) is 6.15. The van der Waals surface area contributed by atoms with Gasteiger partial charge in [0.25, 0.3) is 5.91 Å². The van der Waals surface area contributed by atoms with Gasteiger partial charge >= 0.3 is 0 Å². The fraction of sp³-hybridized carbons (Fsp3) is 0.688. The van der Waals surface area contributed by atoms with Crippen LogP contribution in [0.25, 0.3) is 0 Å². The molecule has 1 aromatic rings. The van der Waals surface area contributed by atoms with Crippen molar-refractivity contribution in [2.75, 3.05) is 6.54 Å². The molecule has 20 heavy (non-hydrogen) atoms. The van der Waals surface area contributed by atoms with Gasteiger partial charge in [0, 0.05) is 11.4 Å². The molecular weight excluding hydrogens is 270 g/mol. The Hall–Kier alpha value is -0.870. The first-order chi connectivity index (χ1) is 9.43. The number of rotatable bonds is 4. The summed E-state index contributed by atoms with van der Waals surface area (Å²) < 4.78 is 0. The third-order valence-corrected chi connectivity index (χ3v) is 5.36. The zero-order chi connectivity index (χ0) is 14.8. The topological polar surface area (TPSA) is 49.3 Å². The van der Waals surface area contributed by atoms with Crippen LogP contribution in [-0.4, -0.2) is 23.2 Å². The molecule has 1 aliphatic rings. The van der Waals surface area contributed by atoms with Crippen LogP contribution in [0, 0.1) is 12.8 Å². The van der Waals surface area contributed by atoms with Crippen LogP contribution in [0.4, 0.5) is 0 Å². The lowest BCUT2D eigenvalue weighted by molar-refractivity contribution is -0.0109. The van der Waals surface area contributed by atoms with Crippen LogP contribution in [0.15, 0.2) is 6.07 Å². The number of thiophene rings is 1. The summed E-state index contributed by atoms with van der Waals surface area (Å²) >= 11 is 1.54. The Labute approximate surface area is 125 Å². The number of aryl methyl sites for hydroxylation is 2. The van der Waals surface area contributed by atoms with Crippen LogP contribution in [0.2, 0.25) is 0 Å². The lowest BCUT2D eigenvalue weighted by Gasteiger charge is -2.35. The molecule has 2 atom stereocenters. The molecule has 0 saturated heterocycles. The summed E-state index contributed by atoms with van der Waals surface area (Å²) in [7, 11) is 0. The zero-order valence-corrected chi connectivity index (χ0v) is 13.5. The van der Waals surface area contributed by atoms with Crippen molar-refractivity contribution in [3.8, 4) is 0 Å². The van der Waals surface area contributed by atoms with E-state index in [2.05, 4.69) is 26.1 Å². The van der Waals surface area contributed by atoms with Crippen LogP contribution < -0.4 is 5.32 Å². The molecule has 0 aliphatic heterocycles. The SMILES string of the molecule is CCc1cc(C(=O)NCC2(O)CCCC(C)C2)sc1C. The number of amides is 1. The van der Waals surface area contributed by atoms with Crippen molar-refractivity contribution in [1.29, 1.82) is 0 Å². The molecule has 1 heterocycles. The largest absolute Gasteiger partial charge is 0.388 e. The van der Waals surface area contributed by atoms with E-state index in [0.29, 0.717) is 12.5 Å². The highest BCUT2D eigenvalue weighted by Crippen LogP contribution is 2.31. The van der Waals surface area contributed by atoms with E-state index in [4.69, 9.17) is 0 Å². The van der Waals surface area contributed by atoms with Crippen molar-refractivity contribution in [2.45, 2.75) is 58.5 Å². The molecule has 1 aliphatic carbocycles. The first kappa shape index (κ1) is 15.5. The molecule has 0 spiro atoms. The van der Waals surface area contributed by atoms with Crippen LogP contribution in [0.1, 0.15) is 59.6 Å². The van der Waals surface area contributed by atoms with E-state index in [1.54, 1.807) is 0 Å². The number of nitrogens with one attached hydrogen (secondary N) is 1. The van der Waals surface area contributed by atoms with Gasteiger partial charge in [0.2, 0.25) is 0 Å². The molecule has 1 saturated carbocycles. The van der Waals surface area contributed by atoms with E-state index in [-0.39, 0.29) is 5.91 Å². The zero-order valence-electron chi connectivity index (χ0n) is 12.7. The van der Waals surface area contributed by atoms with Crippen molar-refractivity contribution in [2.24, 2.45) is 5.92 Å². The molecule has 2 N–H and O–H groups in total. The summed E-state index contributed by atoms with van der Waals surface area (Å²) in [5, 5.41) is 13.4. The lowest BCUT2D eigenvalue weighted by Crippen LogP contribution is -2.45. The summed E-state index contributed by atoms with van der Waals surface area (Å²) in [6.07, 6.45) is 4.77. The van der Waals surface area contributed by atoms with Crippen molar-refractivity contribution >= 4 is 17.2 Å². The average molecular weight is 295 g/mol. The first-order valence-corrected chi connectivity index (χ1v) is 8.35. The summed E-state index contributed by atoms with van der Waals surface area (Å²) in [5.74, 6) is 0.491. The van der Waals surface area contributed by atoms with E-state index in [9.17, 15) is 9.90 Å². The molecule has 112 valence electrons. The number of carbonyl (C=O) groups excluding carboxylic acids is 1. The molecule has 2 rings (SSSR count). The number of hydrogen-bond donors (Lipinski definition) is 2. The number of hydrogen-bond acceptors (Lipinski definition) is 3. The van der Waals surface area contributed by atoms with Crippen LogP contribution in [0.3, 0.4) is 0 Å². The molecule has 0 aromatic carbocycles. The van der Waals surface area contributed by atoms with Crippen molar-refractivity contribution < 1.29 is 9.90 Å². The Morgan fingerprint density at radius 3 is 2.95 bits per heavy atom. The van der Waals surface area contributed by atoms with Gasteiger partial charge in [-0.2, -0.15) is 0 Å². The second-order valence-corrected chi connectivity index (χ2v) is 7.41. The third kappa shape index (κ3) is 3.61. The molecular formula is C16H25NO2S. The second kappa shape index (κ2) is 6.27. The quantitative estimate of drug-likeness (QED) is 0.895. The first-order valence-electron chi connectivity index (χ1n) is 7.53. The Balaban J connectivity index is 1.94. The highest BCUT2D eigenvalue weighted by atomic mass is 32.1. The van der Waals surface area contributed by atoms with Gasteiger partial charge in [0.15, 0.2) is 0 Å². The van der Waals surface area contributed by atoms with Gasteiger partial charge in [-0.25, -0.2) is 0 Å². The number of aliphatic hydroxyl groups is 1. The lowest BCUT2D eigenvalue weighted by atomic mass is 9.79. The van der Waals surface area contributed by atoms with Gasteiger partial charge in [0.1, 0.15) is 0 Å². The summed E-state index contributed by atoms with van der Waals surface area (Å²) in [6.45, 7) is 6.69. The molecule has 2 unspecified atom stereocenters. The average Bonchev–Trinajstić information content (AvgIpc) is 2.77. The van der Waals surface area contributed by atoms with Crippen LogP contribution in [0.5, 0.6) is 0 Å². The summed E-state index contributed by atoms with van der Waals surface area (Å²) in [4.78, 5) is 14.1. The normalized spacial score (nSPS) is 26.5. The maximum atomic E-state index is 12.2. The predicted octanol–water partition coefficient (Wildman–Crippen LogP) is 3.29. The van der Waals surface area contributed by atoms with Crippen molar-refractivity contribution in [1.82, 2.24) is 5.32 Å².